The Bertz CT molecular complexity index is 844. The summed E-state index contributed by atoms with van der Waals surface area (Å²) in [6.45, 7) is 3.32. The van der Waals surface area contributed by atoms with Gasteiger partial charge in [0.25, 0.3) is 0 Å². The lowest BCUT2D eigenvalue weighted by Gasteiger charge is -2.35. The van der Waals surface area contributed by atoms with Crippen LogP contribution in [0.4, 0.5) is 5.13 Å². The molecule has 0 amide bonds. The number of ether oxygens (including phenoxy) is 1. The number of rotatable bonds is 5. The van der Waals surface area contributed by atoms with Crippen LogP contribution >= 0.6 is 35.3 Å². The number of nitrogens with one attached hydrogen (secondary N) is 1. The highest BCUT2D eigenvalue weighted by Crippen LogP contribution is 2.29. The summed E-state index contributed by atoms with van der Waals surface area (Å²) in [5.74, 6) is 0.791. The van der Waals surface area contributed by atoms with Crippen molar-refractivity contribution in [3.63, 3.8) is 0 Å². The molecule has 1 aliphatic rings. The second-order valence-electron chi connectivity index (χ2n) is 6.07. The second kappa shape index (κ2) is 9.37. The first-order valence-electron chi connectivity index (χ1n) is 8.51. The van der Waals surface area contributed by atoms with Crippen LogP contribution in [0, 0.1) is 0 Å². The normalized spacial score (nSPS) is 16.6. The Morgan fingerprint density at radius 3 is 2.89 bits per heavy atom. The molecular weight excluding hydrogens is 403 g/mol. The van der Waals surface area contributed by atoms with E-state index >= 15 is 0 Å². The number of aromatic nitrogens is 2. The van der Waals surface area contributed by atoms with Crippen LogP contribution < -0.4 is 15.0 Å². The number of benzene rings is 1. The van der Waals surface area contributed by atoms with Crippen LogP contribution in [0.2, 0.25) is 5.02 Å². The highest BCUT2D eigenvalue weighted by Gasteiger charge is 2.25. The van der Waals surface area contributed by atoms with Crippen molar-refractivity contribution in [2.45, 2.75) is 6.04 Å². The van der Waals surface area contributed by atoms with Gasteiger partial charge >= 0.3 is 0 Å². The van der Waals surface area contributed by atoms with E-state index in [1.54, 1.807) is 23.7 Å². The quantitative estimate of drug-likeness (QED) is 0.669. The van der Waals surface area contributed by atoms with Crippen molar-refractivity contribution in [3.8, 4) is 17.0 Å². The fourth-order valence-corrected chi connectivity index (χ4v) is 3.99. The van der Waals surface area contributed by atoms with Crippen LogP contribution in [0.15, 0.2) is 54.2 Å². The van der Waals surface area contributed by atoms with Crippen LogP contribution in [0.3, 0.4) is 0 Å². The molecule has 0 spiro atoms. The molecule has 1 unspecified atom stereocenters. The van der Waals surface area contributed by atoms with E-state index in [4.69, 9.17) is 21.3 Å². The summed E-state index contributed by atoms with van der Waals surface area (Å²) < 4.78 is 5.92. The molecule has 8 heteroatoms. The molecule has 0 bridgehead atoms. The molecule has 1 atom stereocenters. The zero-order chi connectivity index (χ0) is 17.8. The number of pyridine rings is 1. The van der Waals surface area contributed by atoms with Crippen LogP contribution in [0.5, 0.6) is 5.75 Å². The maximum Gasteiger partial charge on any atom is 0.186 e. The molecule has 1 aromatic carbocycles. The monoisotopic (exact) mass is 422 g/mol. The summed E-state index contributed by atoms with van der Waals surface area (Å²) in [7, 11) is 0. The van der Waals surface area contributed by atoms with Crippen molar-refractivity contribution in [3.05, 3.63) is 59.2 Å². The lowest BCUT2D eigenvalue weighted by atomic mass is 10.2. The van der Waals surface area contributed by atoms with Gasteiger partial charge in [-0.05, 0) is 24.3 Å². The highest BCUT2D eigenvalue weighted by atomic mass is 35.5. The van der Waals surface area contributed by atoms with E-state index in [1.807, 2.05) is 36.4 Å². The molecule has 0 aliphatic carbocycles. The molecular formula is C19H20Cl2N4OS. The van der Waals surface area contributed by atoms with Crippen LogP contribution in [0.25, 0.3) is 11.3 Å². The minimum atomic E-state index is 0. The van der Waals surface area contributed by atoms with E-state index in [0.29, 0.717) is 6.61 Å². The minimum Gasteiger partial charge on any atom is -0.490 e. The van der Waals surface area contributed by atoms with E-state index in [-0.39, 0.29) is 18.4 Å². The molecule has 2 aromatic heterocycles. The van der Waals surface area contributed by atoms with E-state index in [1.165, 1.54) is 0 Å². The van der Waals surface area contributed by atoms with Crippen LogP contribution in [0.1, 0.15) is 0 Å². The predicted molar refractivity (Wildman–Crippen MR) is 114 cm³/mol. The third-order valence-electron chi connectivity index (χ3n) is 4.30. The van der Waals surface area contributed by atoms with Crippen molar-refractivity contribution in [2.75, 3.05) is 31.1 Å². The standard InChI is InChI=1S/C19H19ClN4OS.ClH/c20-15-5-3-14(4-6-15)18-13-26-19(23-18)24-9-8-22-10-16(24)12-25-17-2-1-7-21-11-17;/h1-7,11,13,16,22H,8-10,12H2;1H. The third-order valence-corrected chi connectivity index (χ3v) is 5.43. The third kappa shape index (κ3) is 4.90. The summed E-state index contributed by atoms with van der Waals surface area (Å²) in [5, 5.41) is 7.30. The van der Waals surface area contributed by atoms with Crippen molar-refractivity contribution >= 4 is 40.5 Å². The van der Waals surface area contributed by atoms with Crippen molar-refractivity contribution in [1.82, 2.24) is 15.3 Å². The Morgan fingerprint density at radius 1 is 1.26 bits per heavy atom. The first-order valence-corrected chi connectivity index (χ1v) is 9.77. The molecule has 1 aliphatic heterocycles. The fraction of sp³-hybridized carbons (Fsp3) is 0.263. The number of anilines is 1. The molecule has 1 N–H and O–H groups in total. The molecule has 3 heterocycles. The van der Waals surface area contributed by atoms with Crippen LogP contribution in [-0.4, -0.2) is 42.3 Å². The Hall–Kier alpha value is -1.86. The average molecular weight is 423 g/mol. The van der Waals surface area contributed by atoms with Gasteiger partial charge in [-0.25, -0.2) is 4.98 Å². The molecule has 4 rings (SSSR count). The number of hydrogen-bond acceptors (Lipinski definition) is 6. The minimum absolute atomic E-state index is 0. The predicted octanol–water partition coefficient (Wildman–Crippen LogP) is 4.14. The summed E-state index contributed by atoms with van der Waals surface area (Å²) in [4.78, 5) is 11.3. The van der Waals surface area contributed by atoms with Gasteiger partial charge in [-0.1, -0.05) is 23.7 Å². The summed E-state index contributed by atoms with van der Waals surface area (Å²) >= 11 is 7.65. The van der Waals surface area contributed by atoms with Crippen LogP contribution in [-0.2, 0) is 0 Å². The zero-order valence-corrected chi connectivity index (χ0v) is 16.9. The Kier molecular flexibility index (Phi) is 6.90. The van der Waals surface area contributed by atoms with Gasteiger partial charge in [-0.3, -0.25) is 4.98 Å². The molecule has 27 heavy (non-hydrogen) atoms. The maximum absolute atomic E-state index is 5.98. The number of hydrogen-bond donors (Lipinski definition) is 1. The topological polar surface area (TPSA) is 50.3 Å². The second-order valence-corrected chi connectivity index (χ2v) is 7.35. The van der Waals surface area contributed by atoms with E-state index in [0.717, 1.165) is 46.8 Å². The maximum atomic E-state index is 5.98. The zero-order valence-electron chi connectivity index (χ0n) is 14.5. The summed E-state index contributed by atoms with van der Waals surface area (Å²) in [5.41, 5.74) is 2.06. The lowest BCUT2D eigenvalue weighted by Crippen LogP contribution is -2.54. The van der Waals surface area contributed by atoms with E-state index in [9.17, 15) is 0 Å². The van der Waals surface area contributed by atoms with Crippen molar-refractivity contribution in [1.29, 1.82) is 0 Å². The van der Waals surface area contributed by atoms with Gasteiger partial charge in [0.15, 0.2) is 5.13 Å². The highest BCUT2D eigenvalue weighted by molar-refractivity contribution is 7.14. The SMILES string of the molecule is Cl.Clc1ccc(-c2csc(N3CCNCC3COc3cccnc3)n2)cc1. The molecule has 142 valence electrons. The fourth-order valence-electron chi connectivity index (χ4n) is 2.94. The molecule has 1 fully saturated rings. The van der Waals surface area contributed by atoms with Gasteiger partial charge in [0.1, 0.15) is 12.4 Å². The number of nitrogens with zero attached hydrogens (tertiary/aromatic N) is 3. The van der Waals surface area contributed by atoms with Gasteiger partial charge in [0.05, 0.1) is 17.9 Å². The van der Waals surface area contributed by atoms with Gasteiger partial charge in [-0.2, -0.15) is 0 Å². The molecule has 0 radical (unpaired) electrons. The van der Waals surface area contributed by atoms with Gasteiger partial charge < -0.3 is 15.0 Å². The summed E-state index contributed by atoms with van der Waals surface area (Å²) in [6, 6.07) is 11.8. The Labute approximate surface area is 173 Å². The largest absolute Gasteiger partial charge is 0.490 e. The van der Waals surface area contributed by atoms with Crippen molar-refractivity contribution < 1.29 is 4.74 Å². The average Bonchev–Trinajstić information content (AvgIpc) is 3.18. The van der Waals surface area contributed by atoms with Crippen molar-refractivity contribution in [2.24, 2.45) is 0 Å². The molecule has 5 nitrogen and oxygen atoms in total. The molecule has 0 saturated carbocycles. The molecule has 3 aromatic rings. The first kappa shape index (κ1) is 19.9. The van der Waals surface area contributed by atoms with E-state index < -0.39 is 0 Å². The number of piperazine rings is 1. The lowest BCUT2D eigenvalue weighted by molar-refractivity contribution is 0.266. The Balaban J connectivity index is 0.00000210. The smallest absolute Gasteiger partial charge is 0.186 e. The number of thiazole rings is 1. The van der Waals surface area contributed by atoms with E-state index in [2.05, 4.69) is 20.6 Å². The summed E-state index contributed by atoms with van der Waals surface area (Å²) in [6.07, 6.45) is 3.48. The first-order chi connectivity index (χ1) is 12.8. The van der Waals surface area contributed by atoms with Gasteiger partial charge in [-0.15, -0.1) is 23.7 Å². The van der Waals surface area contributed by atoms with Gasteiger partial charge in [0.2, 0.25) is 0 Å². The molecule has 1 saturated heterocycles. The van der Waals surface area contributed by atoms with Gasteiger partial charge in [0, 0.05) is 41.8 Å². The number of halogens is 2. The Morgan fingerprint density at radius 2 is 2.11 bits per heavy atom.